The van der Waals surface area contributed by atoms with Gasteiger partial charge in [0.1, 0.15) is 0 Å². The number of nitrogens with zero attached hydrogens (tertiary/aromatic N) is 3. The topological polar surface area (TPSA) is 89.1 Å². The van der Waals surface area contributed by atoms with Gasteiger partial charge in [-0.15, -0.1) is 0 Å². The Kier molecular flexibility index (Phi) is 2.41. The monoisotopic (exact) mass is 221 g/mol. The minimum atomic E-state index is -0.111. The highest BCUT2D eigenvalue weighted by Crippen LogP contribution is 2.08. The number of anilines is 1. The van der Waals surface area contributed by atoms with Gasteiger partial charge in [-0.3, -0.25) is 9.89 Å². The van der Waals surface area contributed by atoms with Gasteiger partial charge in [-0.2, -0.15) is 9.50 Å². The van der Waals surface area contributed by atoms with Crippen LogP contribution in [0, 0.1) is 12.8 Å². The van der Waals surface area contributed by atoms with Crippen molar-refractivity contribution in [3.05, 3.63) is 21.6 Å². The molecule has 2 aromatic rings. The number of H-pyrrole nitrogens is 1. The van der Waals surface area contributed by atoms with Crippen molar-refractivity contribution in [2.75, 3.05) is 5.73 Å². The molecule has 0 aliphatic rings. The van der Waals surface area contributed by atoms with Crippen molar-refractivity contribution in [2.45, 2.75) is 27.2 Å². The molecule has 2 rings (SSSR count). The van der Waals surface area contributed by atoms with Gasteiger partial charge in [-0.1, -0.05) is 13.8 Å². The lowest BCUT2D eigenvalue weighted by atomic mass is 10.0. The fraction of sp³-hybridized carbons (Fsp3) is 0.500. The lowest BCUT2D eigenvalue weighted by molar-refractivity contribution is 0.632. The van der Waals surface area contributed by atoms with E-state index >= 15 is 0 Å². The first-order valence-corrected chi connectivity index (χ1v) is 5.22. The summed E-state index contributed by atoms with van der Waals surface area (Å²) in [6, 6.07) is 0. The van der Waals surface area contributed by atoms with Crippen molar-refractivity contribution in [3.63, 3.8) is 0 Å². The Morgan fingerprint density at radius 3 is 2.75 bits per heavy atom. The number of nitrogen functional groups attached to an aromatic ring is 1. The molecular weight excluding hydrogens is 206 g/mol. The molecule has 16 heavy (non-hydrogen) atoms. The Labute approximate surface area is 92.5 Å². The molecule has 0 bridgehead atoms. The van der Waals surface area contributed by atoms with Crippen LogP contribution >= 0.6 is 0 Å². The molecule has 3 N–H and O–H groups in total. The first-order valence-electron chi connectivity index (χ1n) is 5.22. The van der Waals surface area contributed by atoms with Gasteiger partial charge in [0.25, 0.3) is 11.3 Å². The van der Waals surface area contributed by atoms with E-state index < -0.39 is 0 Å². The van der Waals surface area contributed by atoms with Crippen LogP contribution in [0.3, 0.4) is 0 Å². The summed E-state index contributed by atoms with van der Waals surface area (Å²) in [4.78, 5) is 20.3. The van der Waals surface area contributed by atoms with Gasteiger partial charge in [0.05, 0.1) is 5.69 Å². The van der Waals surface area contributed by atoms with E-state index in [2.05, 4.69) is 28.9 Å². The number of hydrogen-bond acceptors (Lipinski definition) is 4. The van der Waals surface area contributed by atoms with Crippen LogP contribution in [-0.4, -0.2) is 19.6 Å². The van der Waals surface area contributed by atoms with Crippen molar-refractivity contribution in [1.82, 2.24) is 19.6 Å². The highest BCUT2D eigenvalue weighted by Gasteiger charge is 2.13. The molecule has 0 aromatic carbocycles. The van der Waals surface area contributed by atoms with Gasteiger partial charge in [0, 0.05) is 5.56 Å². The number of rotatable bonds is 2. The second-order valence-corrected chi connectivity index (χ2v) is 4.32. The lowest BCUT2D eigenvalue weighted by Gasteiger charge is -2.06. The predicted octanol–water partition coefficient (Wildman–Crippen LogP) is 0.507. The zero-order valence-electron chi connectivity index (χ0n) is 9.61. The first-order chi connectivity index (χ1) is 7.49. The smallest absolute Gasteiger partial charge is 0.277 e. The molecule has 0 saturated heterocycles. The van der Waals surface area contributed by atoms with E-state index in [1.165, 1.54) is 4.52 Å². The van der Waals surface area contributed by atoms with E-state index in [0.717, 1.165) is 11.3 Å². The van der Waals surface area contributed by atoms with Gasteiger partial charge in [0.15, 0.2) is 0 Å². The number of aryl methyl sites for hydroxylation is 1. The van der Waals surface area contributed by atoms with Crippen LogP contribution in [-0.2, 0) is 6.42 Å². The SMILES string of the molecule is Cc1nc2nc(N)[nH]n2c(=O)c1CC(C)C. The van der Waals surface area contributed by atoms with Crippen molar-refractivity contribution in [2.24, 2.45) is 5.92 Å². The molecule has 0 fully saturated rings. The van der Waals surface area contributed by atoms with Crippen molar-refractivity contribution >= 4 is 11.7 Å². The Morgan fingerprint density at radius 1 is 1.44 bits per heavy atom. The summed E-state index contributed by atoms with van der Waals surface area (Å²) in [7, 11) is 0. The third-order valence-corrected chi connectivity index (χ3v) is 2.42. The van der Waals surface area contributed by atoms with E-state index in [-0.39, 0.29) is 11.5 Å². The zero-order valence-corrected chi connectivity index (χ0v) is 9.61. The first kappa shape index (κ1) is 10.7. The quantitative estimate of drug-likeness (QED) is 0.773. The Morgan fingerprint density at radius 2 is 2.12 bits per heavy atom. The lowest BCUT2D eigenvalue weighted by Crippen LogP contribution is -2.23. The Balaban J connectivity index is 2.70. The summed E-state index contributed by atoms with van der Waals surface area (Å²) in [6.07, 6.45) is 0.708. The van der Waals surface area contributed by atoms with E-state index in [4.69, 9.17) is 5.73 Å². The van der Waals surface area contributed by atoms with Crippen LogP contribution < -0.4 is 11.3 Å². The third-order valence-electron chi connectivity index (χ3n) is 2.42. The second-order valence-electron chi connectivity index (χ2n) is 4.32. The number of nitrogens with one attached hydrogen (secondary N) is 1. The maximum atomic E-state index is 12.1. The molecule has 0 aliphatic heterocycles. The molecule has 6 heteroatoms. The summed E-state index contributed by atoms with van der Waals surface area (Å²) in [5, 5.41) is 2.68. The minimum Gasteiger partial charge on any atom is -0.368 e. The number of aromatic nitrogens is 4. The molecule has 0 unspecified atom stereocenters. The average Bonchev–Trinajstić information content (AvgIpc) is 2.53. The molecule has 0 aliphatic carbocycles. The number of aromatic amines is 1. The van der Waals surface area contributed by atoms with Crippen LogP contribution in [0.1, 0.15) is 25.1 Å². The largest absolute Gasteiger partial charge is 0.368 e. The van der Waals surface area contributed by atoms with E-state index in [1.54, 1.807) is 0 Å². The fourth-order valence-corrected chi connectivity index (χ4v) is 1.71. The van der Waals surface area contributed by atoms with Gasteiger partial charge >= 0.3 is 0 Å². The zero-order chi connectivity index (χ0) is 11.9. The maximum absolute atomic E-state index is 12.1. The standard InChI is InChI=1S/C10H15N5O/c1-5(2)4-7-6(3)12-10-13-9(11)14-15(10)8(7)16/h5H,4H2,1-3H3,(H3,11,12,13,14). The van der Waals surface area contributed by atoms with Crippen LogP contribution in [0.4, 0.5) is 5.95 Å². The molecule has 0 radical (unpaired) electrons. The molecule has 6 nitrogen and oxygen atoms in total. The summed E-state index contributed by atoms with van der Waals surface area (Å²) in [5.74, 6) is 0.935. The van der Waals surface area contributed by atoms with Crippen LogP contribution in [0.2, 0.25) is 0 Å². The van der Waals surface area contributed by atoms with Gasteiger partial charge in [0.2, 0.25) is 5.95 Å². The van der Waals surface area contributed by atoms with Crippen LogP contribution in [0.15, 0.2) is 4.79 Å². The molecule has 2 aromatic heterocycles. The third kappa shape index (κ3) is 1.66. The number of nitrogens with two attached hydrogens (primary N) is 1. The summed E-state index contributed by atoms with van der Waals surface area (Å²) < 4.78 is 1.29. The molecule has 0 amide bonds. The normalized spacial score (nSPS) is 11.5. The van der Waals surface area contributed by atoms with E-state index in [1.807, 2.05) is 6.92 Å². The molecule has 2 heterocycles. The fourth-order valence-electron chi connectivity index (χ4n) is 1.71. The van der Waals surface area contributed by atoms with Gasteiger partial charge in [-0.05, 0) is 19.3 Å². The predicted molar refractivity (Wildman–Crippen MR) is 61.3 cm³/mol. The molecule has 0 saturated carbocycles. The highest BCUT2D eigenvalue weighted by atomic mass is 16.1. The maximum Gasteiger partial charge on any atom is 0.277 e. The second kappa shape index (κ2) is 3.62. The van der Waals surface area contributed by atoms with E-state index in [9.17, 15) is 4.79 Å². The van der Waals surface area contributed by atoms with Crippen LogP contribution in [0.25, 0.3) is 5.78 Å². The van der Waals surface area contributed by atoms with Crippen LogP contribution in [0.5, 0.6) is 0 Å². The Bertz CT molecular complexity index is 581. The summed E-state index contributed by atoms with van der Waals surface area (Å²) in [5.41, 5.74) is 6.83. The molecule has 0 atom stereocenters. The van der Waals surface area contributed by atoms with Crippen molar-refractivity contribution in [3.8, 4) is 0 Å². The molecule has 0 spiro atoms. The van der Waals surface area contributed by atoms with Crippen molar-refractivity contribution < 1.29 is 0 Å². The van der Waals surface area contributed by atoms with Crippen molar-refractivity contribution in [1.29, 1.82) is 0 Å². The average molecular weight is 221 g/mol. The van der Waals surface area contributed by atoms with E-state index in [0.29, 0.717) is 18.1 Å². The summed E-state index contributed by atoms with van der Waals surface area (Å²) in [6.45, 7) is 5.95. The molecule has 86 valence electrons. The van der Waals surface area contributed by atoms with Gasteiger partial charge in [-0.25, -0.2) is 4.98 Å². The number of fused-ring (bicyclic) bond motifs is 1. The van der Waals surface area contributed by atoms with Gasteiger partial charge < -0.3 is 5.73 Å². The molecular formula is C10H15N5O. The number of hydrogen-bond donors (Lipinski definition) is 2. The summed E-state index contributed by atoms with van der Waals surface area (Å²) >= 11 is 0. The minimum absolute atomic E-state index is 0.111. The Hall–Kier alpha value is -1.85. The highest BCUT2D eigenvalue weighted by molar-refractivity contribution is 5.36.